The average molecular weight is 231 g/mol. The maximum atomic E-state index is 4.39. The van der Waals surface area contributed by atoms with Crippen LogP contribution in [0.5, 0.6) is 0 Å². The van der Waals surface area contributed by atoms with E-state index in [1.807, 2.05) is 25.6 Å². The molecule has 1 aliphatic rings. The number of aryl methyl sites for hydroxylation is 1. The second-order valence-corrected chi connectivity index (χ2v) is 4.59. The van der Waals surface area contributed by atoms with Crippen LogP contribution in [0, 0.1) is 0 Å². The molecule has 2 aromatic rings. The van der Waals surface area contributed by atoms with Crippen molar-refractivity contribution in [2.75, 3.05) is 6.54 Å². The number of hydrogen-bond donors (Lipinski definition) is 1. The molecule has 3 rings (SSSR count). The maximum absolute atomic E-state index is 4.39. The van der Waals surface area contributed by atoms with Crippen LogP contribution in [0.2, 0.25) is 0 Å². The van der Waals surface area contributed by atoms with Crippen LogP contribution in [-0.2, 0) is 13.6 Å². The standard InChI is InChI=1S/C12H17N5/c1-16-8-6-13-12(16)9-17-7-2-3-11(17)10-4-5-14-15-10/h4-6,8,11H,2-3,7,9H2,1H3,(H,14,15)/t11-/m0/s1. The van der Waals surface area contributed by atoms with Gasteiger partial charge in [-0.25, -0.2) is 4.98 Å². The zero-order valence-electron chi connectivity index (χ0n) is 10.0. The molecule has 1 fully saturated rings. The Morgan fingerprint density at radius 1 is 1.47 bits per heavy atom. The predicted molar refractivity (Wildman–Crippen MR) is 64.2 cm³/mol. The SMILES string of the molecule is Cn1ccnc1CN1CCC[C@H]1c1ccn[nH]1. The van der Waals surface area contributed by atoms with E-state index in [-0.39, 0.29) is 0 Å². The molecule has 90 valence electrons. The Kier molecular flexibility index (Phi) is 2.68. The zero-order valence-corrected chi connectivity index (χ0v) is 10.0. The van der Waals surface area contributed by atoms with Gasteiger partial charge in [0.25, 0.3) is 0 Å². The molecule has 1 aliphatic heterocycles. The summed E-state index contributed by atoms with van der Waals surface area (Å²) in [5.41, 5.74) is 1.22. The van der Waals surface area contributed by atoms with Crippen molar-refractivity contribution >= 4 is 0 Å². The third-order valence-corrected chi connectivity index (χ3v) is 3.51. The molecular weight excluding hydrogens is 214 g/mol. The molecule has 0 saturated carbocycles. The van der Waals surface area contributed by atoms with Crippen molar-refractivity contribution in [3.8, 4) is 0 Å². The Morgan fingerprint density at radius 2 is 2.41 bits per heavy atom. The number of nitrogens with one attached hydrogen (secondary N) is 1. The fourth-order valence-electron chi connectivity index (χ4n) is 2.55. The summed E-state index contributed by atoms with van der Waals surface area (Å²) in [5, 5.41) is 7.13. The first-order valence-electron chi connectivity index (χ1n) is 6.04. The van der Waals surface area contributed by atoms with Crippen molar-refractivity contribution < 1.29 is 0 Å². The van der Waals surface area contributed by atoms with Crippen LogP contribution >= 0.6 is 0 Å². The summed E-state index contributed by atoms with van der Waals surface area (Å²) in [5.74, 6) is 1.12. The van der Waals surface area contributed by atoms with E-state index in [0.29, 0.717) is 6.04 Å². The van der Waals surface area contributed by atoms with Gasteiger partial charge in [0, 0.05) is 25.6 Å². The number of aromatic nitrogens is 4. The van der Waals surface area contributed by atoms with Crippen LogP contribution < -0.4 is 0 Å². The van der Waals surface area contributed by atoms with Crippen LogP contribution in [0.15, 0.2) is 24.7 Å². The highest BCUT2D eigenvalue weighted by Crippen LogP contribution is 2.31. The lowest BCUT2D eigenvalue weighted by Gasteiger charge is -2.22. The first kappa shape index (κ1) is 10.5. The van der Waals surface area contributed by atoms with Crippen molar-refractivity contribution in [1.82, 2.24) is 24.6 Å². The quantitative estimate of drug-likeness (QED) is 0.870. The molecule has 0 unspecified atom stereocenters. The summed E-state index contributed by atoms with van der Waals surface area (Å²) >= 11 is 0. The fraction of sp³-hybridized carbons (Fsp3) is 0.500. The number of aromatic amines is 1. The van der Waals surface area contributed by atoms with Crippen molar-refractivity contribution in [2.24, 2.45) is 7.05 Å². The Morgan fingerprint density at radius 3 is 3.12 bits per heavy atom. The Balaban J connectivity index is 1.77. The lowest BCUT2D eigenvalue weighted by molar-refractivity contribution is 0.236. The highest BCUT2D eigenvalue weighted by atomic mass is 15.2. The molecule has 0 bridgehead atoms. The van der Waals surface area contributed by atoms with Crippen LogP contribution in [0.3, 0.4) is 0 Å². The van der Waals surface area contributed by atoms with Crippen LogP contribution in [-0.4, -0.2) is 31.2 Å². The van der Waals surface area contributed by atoms with Gasteiger partial charge in [-0.2, -0.15) is 5.10 Å². The first-order chi connectivity index (χ1) is 8.34. The molecule has 0 aromatic carbocycles. The van der Waals surface area contributed by atoms with Gasteiger partial charge in [0.15, 0.2) is 0 Å². The van der Waals surface area contributed by atoms with E-state index in [0.717, 1.165) is 18.9 Å². The third kappa shape index (κ3) is 1.98. The molecule has 0 radical (unpaired) electrons. The van der Waals surface area contributed by atoms with E-state index < -0.39 is 0 Å². The van der Waals surface area contributed by atoms with Crippen molar-refractivity contribution in [3.63, 3.8) is 0 Å². The summed E-state index contributed by atoms with van der Waals surface area (Å²) < 4.78 is 2.09. The molecule has 2 aromatic heterocycles. The highest BCUT2D eigenvalue weighted by Gasteiger charge is 2.27. The van der Waals surface area contributed by atoms with Crippen molar-refractivity contribution in [1.29, 1.82) is 0 Å². The average Bonchev–Trinajstić information content (AvgIpc) is 3.02. The summed E-state index contributed by atoms with van der Waals surface area (Å²) in [6, 6.07) is 2.54. The first-order valence-corrected chi connectivity index (χ1v) is 6.04. The lowest BCUT2D eigenvalue weighted by Crippen LogP contribution is -2.24. The van der Waals surface area contributed by atoms with Gasteiger partial charge in [-0.3, -0.25) is 10.00 Å². The minimum absolute atomic E-state index is 0.467. The van der Waals surface area contributed by atoms with Gasteiger partial charge in [-0.15, -0.1) is 0 Å². The number of likely N-dealkylation sites (tertiary alicyclic amines) is 1. The largest absolute Gasteiger partial charge is 0.337 e. The Hall–Kier alpha value is -1.62. The van der Waals surface area contributed by atoms with Gasteiger partial charge in [-0.1, -0.05) is 0 Å². The Bertz CT molecular complexity index is 473. The number of rotatable bonds is 3. The molecule has 1 N–H and O–H groups in total. The summed E-state index contributed by atoms with van der Waals surface area (Å²) in [6.07, 6.45) is 8.13. The van der Waals surface area contributed by atoms with Crippen molar-refractivity contribution in [2.45, 2.75) is 25.4 Å². The summed E-state index contributed by atoms with van der Waals surface area (Å²) in [4.78, 5) is 6.86. The molecule has 1 atom stereocenters. The topological polar surface area (TPSA) is 49.7 Å². The van der Waals surface area contributed by atoms with Gasteiger partial charge in [-0.05, 0) is 25.5 Å². The molecule has 5 nitrogen and oxygen atoms in total. The number of nitrogens with zero attached hydrogens (tertiary/aromatic N) is 4. The summed E-state index contributed by atoms with van der Waals surface area (Å²) in [6.45, 7) is 2.05. The van der Waals surface area contributed by atoms with E-state index in [1.54, 1.807) is 0 Å². The van der Waals surface area contributed by atoms with E-state index in [1.165, 1.54) is 18.5 Å². The molecule has 3 heterocycles. The highest BCUT2D eigenvalue weighted by molar-refractivity contribution is 5.07. The molecule has 0 spiro atoms. The molecular formula is C12H17N5. The second kappa shape index (κ2) is 4.33. The predicted octanol–water partition coefficient (Wildman–Crippen LogP) is 1.48. The van der Waals surface area contributed by atoms with Gasteiger partial charge in [0.05, 0.1) is 18.3 Å². The smallest absolute Gasteiger partial charge is 0.122 e. The number of H-pyrrole nitrogens is 1. The lowest BCUT2D eigenvalue weighted by atomic mass is 10.1. The molecule has 0 amide bonds. The number of imidazole rings is 1. The van der Waals surface area contributed by atoms with E-state index in [9.17, 15) is 0 Å². The van der Waals surface area contributed by atoms with Crippen LogP contribution in [0.4, 0.5) is 0 Å². The van der Waals surface area contributed by atoms with Gasteiger partial charge in [0.1, 0.15) is 5.82 Å². The number of hydrogen-bond acceptors (Lipinski definition) is 3. The zero-order chi connectivity index (χ0) is 11.7. The van der Waals surface area contributed by atoms with E-state index >= 15 is 0 Å². The van der Waals surface area contributed by atoms with E-state index in [4.69, 9.17) is 0 Å². The third-order valence-electron chi connectivity index (χ3n) is 3.51. The van der Waals surface area contributed by atoms with Crippen LogP contribution in [0.25, 0.3) is 0 Å². The normalized spacial score (nSPS) is 21.1. The monoisotopic (exact) mass is 231 g/mol. The van der Waals surface area contributed by atoms with Crippen LogP contribution in [0.1, 0.15) is 30.4 Å². The van der Waals surface area contributed by atoms with Gasteiger partial charge < -0.3 is 4.57 Å². The van der Waals surface area contributed by atoms with E-state index in [2.05, 4.69) is 30.7 Å². The molecule has 5 heteroatoms. The molecule has 1 saturated heterocycles. The maximum Gasteiger partial charge on any atom is 0.122 e. The van der Waals surface area contributed by atoms with Gasteiger partial charge >= 0.3 is 0 Å². The fourth-order valence-corrected chi connectivity index (χ4v) is 2.55. The molecule has 0 aliphatic carbocycles. The summed E-state index contributed by atoms with van der Waals surface area (Å²) in [7, 11) is 2.05. The second-order valence-electron chi connectivity index (χ2n) is 4.59. The van der Waals surface area contributed by atoms with Crippen molar-refractivity contribution in [3.05, 3.63) is 36.2 Å². The molecule has 17 heavy (non-hydrogen) atoms. The minimum Gasteiger partial charge on any atom is -0.337 e. The Labute approximate surface area is 100 Å². The minimum atomic E-state index is 0.467. The van der Waals surface area contributed by atoms with Gasteiger partial charge in [0.2, 0.25) is 0 Å².